The molecule has 1 atom stereocenters. The molecule has 1 unspecified atom stereocenters. The molecular weight excluding hydrogens is 589 g/mol. The van der Waals surface area contributed by atoms with Gasteiger partial charge >= 0.3 is 0 Å². The second-order valence-electron chi connectivity index (χ2n) is 14.0. The van der Waals surface area contributed by atoms with Crippen LogP contribution in [-0.4, -0.2) is 0 Å². The van der Waals surface area contributed by atoms with Crippen molar-refractivity contribution in [3.63, 3.8) is 0 Å². The summed E-state index contributed by atoms with van der Waals surface area (Å²) in [7, 11) is 0. The molecule has 0 bridgehead atoms. The molecule has 0 aliphatic carbocycles. The minimum atomic E-state index is 0.583. The monoisotopic (exact) mass is 644 g/mol. The van der Waals surface area contributed by atoms with Gasteiger partial charge in [0.25, 0.3) is 0 Å². The molecule has 0 spiro atoms. The standard InChI is InChI=1S/C18H22.C16H18.C15H16/c1-13(2)15-8-10-16(11-9-15)18-7-5-6-17(12-18)14(3)4;1-3-13(2)15-10-7-11-16(12-15)14-8-5-4-6-9-14;1-12(2)14-9-6-10-15(11-14)13-7-4-3-5-8-13/h5-14H,1-4H3;4-13H,3H2,1-2H3;3-12H,1-2H3. The second kappa shape index (κ2) is 18.8. The fourth-order valence-electron chi connectivity index (χ4n) is 5.74. The highest BCUT2D eigenvalue weighted by atomic mass is 14.1. The van der Waals surface area contributed by atoms with Crippen molar-refractivity contribution in [2.24, 2.45) is 0 Å². The molecule has 0 aliphatic rings. The number of hydrogen-bond donors (Lipinski definition) is 0. The molecule has 0 heteroatoms. The molecule has 0 saturated carbocycles. The van der Waals surface area contributed by atoms with Gasteiger partial charge < -0.3 is 0 Å². The summed E-state index contributed by atoms with van der Waals surface area (Å²) in [6.07, 6.45) is 1.19. The van der Waals surface area contributed by atoms with Crippen LogP contribution in [-0.2, 0) is 0 Å². The first kappa shape index (κ1) is 37.1. The Kier molecular flexibility index (Phi) is 14.2. The van der Waals surface area contributed by atoms with Gasteiger partial charge in [-0.3, -0.25) is 0 Å². The largest absolute Gasteiger partial charge is 0.0648 e. The number of rotatable bonds is 8. The van der Waals surface area contributed by atoms with Crippen LogP contribution in [0.3, 0.4) is 0 Å². The Morgan fingerprint density at radius 2 is 0.633 bits per heavy atom. The van der Waals surface area contributed by atoms with E-state index in [4.69, 9.17) is 0 Å². The highest BCUT2D eigenvalue weighted by Gasteiger charge is 2.06. The lowest BCUT2D eigenvalue weighted by atomic mass is 9.95. The Balaban J connectivity index is 0.000000166. The Labute approximate surface area is 297 Å². The smallest absolute Gasteiger partial charge is 0.0181 e. The molecule has 0 saturated heterocycles. The average Bonchev–Trinajstić information content (AvgIpc) is 3.16. The number of benzene rings is 6. The molecule has 49 heavy (non-hydrogen) atoms. The molecule has 6 aromatic rings. The van der Waals surface area contributed by atoms with Gasteiger partial charge in [-0.2, -0.15) is 0 Å². The third-order valence-corrected chi connectivity index (χ3v) is 9.30. The van der Waals surface area contributed by atoms with Gasteiger partial charge in [0.05, 0.1) is 0 Å². The van der Waals surface area contributed by atoms with Gasteiger partial charge in [0.1, 0.15) is 0 Å². The summed E-state index contributed by atoms with van der Waals surface area (Å²) in [6, 6.07) is 56.5. The van der Waals surface area contributed by atoms with Gasteiger partial charge in [0.2, 0.25) is 0 Å². The van der Waals surface area contributed by atoms with Crippen LogP contribution >= 0.6 is 0 Å². The predicted octanol–water partition coefficient (Wildman–Crippen LogP) is 14.9. The maximum Gasteiger partial charge on any atom is -0.0181 e. The second-order valence-corrected chi connectivity index (χ2v) is 14.0. The van der Waals surface area contributed by atoms with E-state index in [1.54, 1.807) is 0 Å². The van der Waals surface area contributed by atoms with Crippen LogP contribution in [0, 0.1) is 0 Å². The van der Waals surface area contributed by atoms with E-state index in [1.165, 1.54) is 62.1 Å². The van der Waals surface area contributed by atoms with Gasteiger partial charge in [0.15, 0.2) is 0 Å². The van der Waals surface area contributed by atoms with E-state index in [0.717, 1.165) is 0 Å². The van der Waals surface area contributed by atoms with Crippen LogP contribution in [0.15, 0.2) is 158 Å². The van der Waals surface area contributed by atoms with E-state index in [0.29, 0.717) is 23.7 Å². The van der Waals surface area contributed by atoms with E-state index in [1.807, 2.05) is 0 Å². The predicted molar refractivity (Wildman–Crippen MR) is 217 cm³/mol. The molecule has 252 valence electrons. The molecule has 0 amide bonds. The summed E-state index contributed by atoms with van der Waals surface area (Å²) in [5, 5.41) is 0. The zero-order chi connectivity index (χ0) is 35.2. The minimum absolute atomic E-state index is 0.583. The molecular formula is C49H56. The average molecular weight is 645 g/mol. The van der Waals surface area contributed by atoms with E-state index >= 15 is 0 Å². The van der Waals surface area contributed by atoms with Crippen LogP contribution in [0.4, 0.5) is 0 Å². The summed E-state index contributed by atoms with van der Waals surface area (Å²) < 4.78 is 0. The summed E-state index contributed by atoms with van der Waals surface area (Å²) in [5.41, 5.74) is 13.5. The molecule has 0 heterocycles. The summed E-state index contributed by atoms with van der Waals surface area (Å²) >= 11 is 0. The normalized spacial score (nSPS) is 11.4. The van der Waals surface area contributed by atoms with Gasteiger partial charge in [-0.1, -0.05) is 213 Å². The Bertz CT molecular complexity index is 1810. The van der Waals surface area contributed by atoms with E-state index in [9.17, 15) is 0 Å². The third kappa shape index (κ3) is 11.2. The SMILES string of the molecule is CC(C)c1ccc(-c2cccc(C(C)C)c2)cc1.CC(C)c1cccc(-c2ccccc2)c1.CCC(C)c1cccc(-c2ccccc2)c1. The lowest BCUT2D eigenvalue weighted by molar-refractivity contribution is 0.734. The molecule has 0 fully saturated rings. The first-order valence-corrected chi connectivity index (χ1v) is 18.2. The fourth-order valence-corrected chi connectivity index (χ4v) is 5.74. The van der Waals surface area contributed by atoms with Crippen molar-refractivity contribution in [2.75, 3.05) is 0 Å². The molecule has 0 nitrogen and oxygen atoms in total. The van der Waals surface area contributed by atoms with E-state index in [-0.39, 0.29) is 0 Å². The van der Waals surface area contributed by atoms with Crippen molar-refractivity contribution in [3.8, 4) is 33.4 Å². The summed E-state index contributed by atoms with van der Waals surface area (Å²) in [6.45, 7) is 17.9. The highest BCUT2D eigenvalue weighted by molar-refractivity contribution is 5.66. The first-order chi connectivity index (χ1) is 23.7. The van der Waals surface area contributed by atoms with Crippen molar-refractivity contribution < 1.29 is 0 Å². The zero-order valence-corrected chi connectivity index (χ0v) is 31.0. The van der Waals surface area contributed by atoms with Crippen LogP contribution < -0.4 is 0 Å². The van der Waals surface area contributed by atoms with Crippen molar-refractivity contribution in [1.82, 2.24) is 0 Å². The van der Waals surface area contributed by atoms with Crippen LogP contribution in [0.5, 0.6) is 0 Å². The number of hydrogen-bond acceptors (Lipinski definition) is 0. The lowest BCUT2D eigenvalue weighted by Crippen LogP contribution is -1.91. The van der Waals surface area contributed by atoms with E-state index in [2.05, 4.69) is 213 Å². The topological polar surface area (TPSA) is 0 Å². The maximum absolute atomic E-state index is 2.31. The fraction of sp³-hybridized carbons (Fsp3) is 0.265. The van der Waals surface area contributed by atoms with Crippen LogP contribution in [0.1, 0.15) is 108 Å². The maximum atomic E-state index is 2.31. The van der Waals surface area contributed by atoms with Gasteiger partial charge in [0, 0.05) is 0 Å². The summed E-state index contributed by atoms with van der Waals surface area (Å²) in [4.78, 5) is 0. The quantitative estimate of drug-likeness (QED) is 0.155. The molecule has 6 aromatic carbocycles. The first-order valence-electron chi connectivity index (χ1n) is 18.2. The lowest BCUT2D eigenvalue weighted by Gasteiger charge is -2.10. The summed E-state index contributed by atoms with van der Waals surface area (Å²) in [5.74, 6) is 2.42. The highest BCUT2D eigenvalue weighted by Crippen LogP contribution is 2.27. The third-order valence-electron chi connectivity index (χ3n) is 9.30. The molecule has 0 aliphatic heterocycles. The molecule has 0 radical (unpaired) electrons. The Morgan fingerprint density at radius 1 is 0.306 bits per heavy atom. The van der Waals surface area contributed by atoms with Gasteiger partial charge in [-0.25, -0.2) is 0 Å². The Morgan fingerprint density at radius 3 is 1.00 bits per heavy atom. The Hall–Kier alpha value is -4.68. The van der Waals surface area contributed by atoms with Gasteiger partial charge in [-0.15, -0.1) is 0 Å². The van der Waals surface area contributed by atoms with Gasteiger partial charge in [-0.05, 0) is 85.7 Å². The van der Waals surface area contributed by atoms with Crippen molar-refractivity contribution in [1.29, 1.82) is 0 Å². The molecule has 0 aromatic heterocycles. The van der Waals surface area contributed by atoms with Crippen molar-refractivity contribution in [2.45, 2.75) is 85.5 Å². The van der Waals surface area contributed by atoms with Crippen LogP contribution in [0.25, 0.3) is 33.4 Å². The molecule has 6 rings (SSSR count). The van der Waals surface area contributed by atoms with Crippen molar-refractivity contribution >= 4 is 0 Å². The zero-order valence-electron chi connectivity index (χ0n) is 31.0. The van der Waals surface area contributed by atoms with E-state index < -0.39 is 0 Å². The molecule has 0 N–H and O–H groups in total. The van der Waals surface area contributed by atoms with Crippen LogP contribution in [0.2, 0.25) is 0 Å². The minimum Gasteiger partial charge on any atom is -0.0648 e. The van der Waals surface area contributed by atoms with Crippen molar-refractivity contribution in [3.05, 3.63) is 180 Å².